The highest BCUT2D eigenvalue weighted by atomic mass is 32.2. The fraction of sp³-hybridized carbons (Fsp3) is 0.308. The van der Waals surface area contributed by atoms with Crippen LogP contribution in [-0.4, -0.2) is 9.73 Å². The normalized spacial score (nSPS) is 11.9. The molecule has 2 aromatic rings. The van der Waals surface area contributed by atoms with Crippen LogP contribution in [-0.2, 0) is 0 Å². The highest BCUT2D eigenvalue weighted by molar-refractivity contribution is 8.01. The molecule has 16 heavy (non-hydrogen) atoms. The van der Waals surface area contributed by atoms with Gasteiger partial charge in [0.15, 0.2) is 0 Å². The van der Waals surface area contributed by atoms with E-state index in [0.29, 0.717) is 0 Å². The van der Waals surface area contributed by atoms with Crippen molar-refractivity contribution >= 4 is 28.4 Å². The van der Waals surface area contributed by atoms with Gasteiger partial charge >= 0.3 is 0 Å². The van der Waals surface area contributed by atoms with Crippen molar-refractivity contribution in [3.8, 4) is 0 Å². The van der Waals surface area contributed by atoms with Crippen LogP contribution in [0.5, 0.6) is 0 Å². The molecule has 0 aliphatic rings. The van der Waals surface area contributed by atoms with Gasteiger partial charge in [-0.15, -0.1) is 11.8 Å². The molecule has 2 N–H and O–H groups in total. The van der Waals surface area contributed by atoms with E-state index >= 15 is 0 Å². The number of hydrogen-bond acceptors (Lipinski definition) is 3. The van der Waals surface area contributed by atoms with Gasteiger partial charge in [0.25, 0.3) is 0 Å². The Morgan fingerprint density at radius 1 is 1.19 bits per heavy atom. The second-order valence-corrected chi connectivity index (χ2v) is 6.61. The molecule has 1 aromatic heterocycles. The Morgan fingerprint density at radius 2 is 1.88 bits per heavy atom. The average Bonchev–Trinajstić information content (AvgIpc) is 2.21. The van der Waals surface area contributed by atoms with E-state index in [-0.39, 0.29) is 4.75 Å². The van der Waals surface area contributed by atoms with Gasteiger partial charge in [-0.05, 0) is 6.07 Å². The van der Waals surface area contributed by atoms with Gasteiger partial charge < -0.3 is 5.73 Å². The molecule has 0 bridgehead atoms. The molecule has 2 nitrogen and oxygen atoms in total. The third-order valence-corrected chi connectivity index (χ3v) is 3.43. The Hall–Kier alpha value is -1.22. The quantitative estimate of drug-likeness (QED) is 0.762. The first kappa shape index (κ1) is 11.3. The summed E-state index contributed by atoms with van der Waals surface area (Å²) in [4.78, 5) is 5.47. The summed E-state index contributed by atoms with van der Waals surface area (Å²) >= 11 is 1.79. The second kappa shape index (κ2) is 3.98. The Bertz CT molecular complexity index is 515. The van der Waals surface area contributed by atoms with Crippen LogP contribution in [0.2, 0.25) is 0 Å². The van der Waals surface area contributed by atoms with E-state index in [2.05, 4.69) is 31.8 Å². The van der Waals surface area contributed by atoms with Gasteiger partial charge in [0, 0.05) is 15.0 Å². The number of nitrogens with two attached hydrogens (primary N) is 1. The number of benzene rings is 1. The molecule has 0 radical (unpaired) electrons. The largest absolute Gasteiger partial charge is 0.397 e. The zero-order chi connectivity index (χ0) is 11.8. The highest BCUT2D eigenvalue weighted by Crippen LogP contribution is 2.39. The summed E-state index contributed by atoms with van der Waals surface area (Å²) in [6, 6.07) is 8.11. The van der Waals surface area contributed by atoms with Crippen LogP contribution in [0.3, 0.4) is 0 Å². The molecular formula is C13H16N2S. The Kier molecular flexibility index (Phi) is 2.80. The van der Waals surface area contributed by atoms with Crippen molar-refractivity contribution in [3.63, 3.8) is 0 Å². The third-order valence-electron chi connectivity index (χ3n) is 2.16. The summed E-state index contributed by atoms with van der Waals surface area (Å²) in [5.41, 5.74) is 7.78. The van der Waals surface area contributed by atoms with Gasteiger partial charge in [0.1, 0.15) is 0 Å². The fourth-order valence-electron chi connectivity index (χ4n) is 1.55. The standard InChI is InChI=1S/C13H16N2S/c1-13(2,3)16-12-9-6-4-5-7-11(9)15-8-10(12)14/h4-8H,14H2,1-3H3. The van der Waals surface area contributed by atoms with E-state index in [4.69, 9.17) is 5.73 Å². The molecule has 2 rings (SSSR count). The smallest absolute Gasteiger partial charge is 0.0714 e. The second-order valence-electron chi connectivity index (χ2n) is 4.77. The first-order valence-electron chi connectivity index (χ1n) is 5.29. The third kappa shape index (κ3) is 2.30. The summed E-state index contributed by atoms with van der Waals surface area (Å²) in [6.45, 7) is 6.56. The predicted molar refractivity (Wildman–Crippen MR) is 71.8 cm³/mol. The molecule has 0 aliphatic heterocycles. The lowest BCUT2D eigenvalue weighted by atomic mass is 10.2. The Balaban J connectivity index is 2.62. The summed E-state index contributed by atoms with van der Waals surface area (Å²) in [5.74, 6) is 0. The van der Waals surface area contributed by atoms with Gasteiger partial charge in [-0.25, -0.2) is 0 Å². The van der Waals surface area contributed by atoms with Crippen molar-refractivity contribution in [3.05, 3.63) is 30.5 Å². The predicted octanol–water partition coefficient (Wildman–Crippen LogP) is 3.71. The Labute approximate surface area is 100 Å². The van der Waals surface area contributed by atoms with Crippen molar-refractivity contribution in [2.75, 3.05) is 5.73 Å². The average molecular weight is 232 g/mol. The van der Waals surface area contributed by atoms with Crippen LogP contribution in [0.25, 0.3) is 10.9 Å². The minimum absolute atomic E-state index is 0.151. The monoisotopic (exact) mass is 232 g/mol. The van der Waals surface area contributed by atoms with Crippen LogP contribution in [0.4, 0.5) is 5.69 Å². The molecule has 0 amide bonds. The zero-order valence-electron chi connectivity index (χ0n) is 9.82. The molecule has 1 heterocycles. The number of nitrogen functional groups attached to an aromatic ring is 1. The number of hydrogen-bond donors (Lipinski definition) is 1. The number of fused-ring (bicyclic) bond motifs is 1. The van der Waals surface area contributed by atoms with Gasteiger partial charge in [-0.2, -0.15) is 0 Å². The van der Waals surface area contributed by atoms with E-state index in [1.807, 2.05) is 18.2 Å². The molecule has 0 atom stereocenters. The molecule has 1 aromatic carbocycles. The topological polar surface area (TPSA) is 38.9 Å². The highest BCUT2D eigenvalue weighted by Gasteiger charge is 2.16. The lowest BCUT2D eigenvalue weighted by Gasteiger charge is -2.19. The maximum Gasteiger partial charge on any atom is 0.0714 e. The fourth-order valence-corrected chi connectivity index (χ4v) is 2.62. The maximum atomic E-state index is 6.01. The summed E-state index contributed by atoms with van der Waals surface area (Å²) in [5, 5.41) is 1.14. The number of pyridine rings is 1. The van der Waals surface area contributed by atoms with Gasteiger partial charge in [0.05, 0.1) is 17.4 Å². The van der Waals surface area contributed by atoms with Crippen LogP contribution in [0.1, 0.15) is 20.8 Å². The molecular weight excluding hydrogens is 216 g/mol. The van der Waals surface area contributed by atoms with Crippen LogP contribution in [0.15, 0.2) is 35.4 Å². The number of nitrogens with zero attached hydrogens (tertiary/aromatic N) is 1. The summed E-state index contributed by atoms with van der Waals surface area (Å²) in [6.07, 6.45) is 1.75. The van der Waals surface area contributed by atoms with Crippen molar-refractivity contribution in [1.29, 1.82) is 0 Å². The minimum atomic E-state index is 0.151. The van der Waals surface area contributed by atoms with E-state index in [0.717, 1.165) is 21.5 Å². The summed E-state index contributed by atoms with van der Waals surface area (Å²) in [7, 11) is 0. The molecule has 84 valence electrons. The van der Waals surface area contributed by atoms with Crippen LogP contribution in [0, 0.1) is 0 Å². The van der Waals surface area contributed by atoms with Crippen molar-refractivity contribution in [1.82, 2.24) is 4.98 Å². The first-order valence-corrected chi connectivity index (χ1v) is 6.11. The number of para-hydroxylation sites is 1. The first-order chi connectivity index (χ1) is 7.47. The van der Waals surface area contributed by atoms with Crippen molar-refractivity contribution in [2.45, 2.75) is 30.4 Å². The van der Waals surface area contributed by atoms with Crippen molar-refractivity contribution < 1.29 is 0 Å². The summed E-state index contributed by atoms with van der Waals surface area (Å²) < 4.78 is 0.151. The number of thioether (sulfide) groups is 1. The van der Waals surface area contributed by atoms with Crippen LogP contribution >= 0.6 is 11.8 Å². The zero-order valence-corrected chi connectivity index (χ0v) is 10.6. The number of anilines is 1. The lowest BCUT2D eigenvalue weighted by Crippen LogP contribution is -2.08. The molecule has 0 saturated heterocycles. The van der Waals surface area contributed by atoms with E-state index in [9.17, 15) is 0 Å². The lowest BCUT2D eigenvalue weighted by molar-refractivity contribution is 0.803. The molecule has 0 saturated carbocycles. The maximum absolute atomic E-state index is 6.01. The van der Waals surface area contributed by atoms with Gasteiger partial charge in [0.2, 0.25) is 0 Å². The van der Waals surface area contributed by atoms with Gasteiger partial charge in [-0.1, -0.05) is 39.0 Å². The van der Waals surface area contributed by atoms with Crippen LogP contribution < -0.4 is 5.73 Å². The van der Waals surface area contributed by atoms with E-state index in [1.54, 1.807) is 18.0 Å². The van der Waals surface area contributed by atoms with E-state index < -0.39 is 0 Å². The molecule has 0 spiro atoms. The molecule has 0 unspecified atom stereocenters. The van der Waals surface area contributed by atoms with Gasteiger partial charge in [-0.3, -0.25) is 4.98 Å². The van der Waals surface area contributed by atoms with Crippen molar-refractivity contribution in [2.24, 2.45) is 0 Å². The molecule has 0 aliphatic carbocycles. The minimum Gasteiger partial charge on any atom is -0.397 e. The SMILES string of the molecule is CC(C)(C)Sc1c(N)cnc2ccccc12. The number of aromatic nitrogens is 1. The Morgan fingerprint density at radius 3 is 2.56 bits per heavy atom. The molecule has 3 heteroatoms. The number of rotatable bonds is 1. The van der Waals surface area contributed by atoms with E-state index in [1.165, 1.54) is 0 Å². The molecule has 0 fully saturated rings.